The fraction of sp³-hybridized carbons (Fsp3) is 0.875. The maximum Gasteiger partial charge on any atom is 0.337 e. The van der Waals surface area contributed by atoms with Crippen molar-refractivity contribution in [3.05, 3.63) is 0 Å². The summed E-state index contributed by atoms with van der Waals surface area (Å²) >= 11 is 0. The van der Waals surface area contributed by atoms with Crippen molar-refractivity contribution >= 4 is 5.97 Å². The summed E-state index contributed by atoms with van der Waals surface area (Å²) in [5.74, 6) is -0.719. The van der Waals surface area contributed by atoms with E-state index in [2.05, 4.69) is 0 Å². The molecule has 1 saturated heterocycles. The van der Waals surface area contributed by atoms with Crippen molar-refractivity contribution in [1.29, 1.82) is 0 Å². The molecule has 1 aliphatic heterocycles. The van der Waals surface area contributed by atoms with Crippen LogP contribution in [0.15, 0.2) is 0 Å². The van der Waals surface area contributed by atoms with E-state index >= 15 is 0 Å². The monoisotopic (exact) mass is 156 g/mol. The number of hydrogen-bond acceptors (Lipinski definition) is 3. The van der Waals surface area contributed by atoms with Gasteiger partial charge in [0.15, 0.2) is 6.10 Å². The van der Waals surface area contributed by atoms with Crippen molar-refractivity contribution in [2.45, 2.75) is 44.5 Å². The lowest BCUT2D eigenvalue weighted by Gasteiger charge is -2.19. The molecule has 3 nitrogen and oxygen atoms in total. The highest BCUT2D eigenvalue weighted by molar-refractivity contribution is 5.76. The number of ether oxygens (including phenoxy) is 2. The molecule has 0 aromatic rings. The Balaban J connectivity index is 2.12. The summed E-state index contributed by atoms with van der Waals surface area (Å²) in [5.41, 5.74) is 0. The van der Waals surface area contributed by atoms with Crippen LogP contribution in [-0.4, -0.2) is 17.9 Å². The number of carbonyl (C=O) groups is 1. The molecule has 2 rings (SSSR count). The van der Waals surface area contributed by atoms with Crippen LogP contribution in [0.1, 0.15) is 32.6 Å². The summed E-state index contributed by atoms with van der Waals surface area (Å²) in [6.07, 6.45) is 3.62. The lowest BCUT2D eigenvalue weighted by atomic mass is 10.2. The normalized spacial score (nSPS) is 34.6. The minimum Gasteiger partial charge on any atom is -0.431 e. The molecular weight excluding hydrogens is 144 g/mol. The van der Waals surface area contributed by atoms with Crippen LogP contribution in [0.2, 0.25) is 0 Å². The third kappa shape index (κ3) is 1.03. The maximum absolute atomic E-state index is 11.0. The smallest absolute Gasteiger partial charge is 0.337 e. The lowest BCUT2D eigenvalue weighted by molar-refractivity contribution is -0.172. The second kappa shape index (κ2) is 2.21. The fourth-order valence-corrected chi connectivity index (χ4v) is 1.79. The third-order valence-corrected chi connectivity index (χ3v) is 2.38. The molecule has 0 unspecified atom stereocenters. The van der Waals surface area contributed by atoms with Gasteiger partial charge in [-0.25, -0.2) is 4.79 Å². The number of rotatable bonds is 0. The van der Waals surface area contributed by atoms with Gasteiger partial charge in [0.25, 0.3) is 0 Å². The first-order valence-electron chi connectivity index (χ1n) is 4.13. The standard InChI is InChI=1S/C8H12O3/c1-6-7(9)11-8(10-6)4-2-3-5-8/h6H,2-5H2,1H3/t6-/m0/s1. The summed E-state index contributed by atoms with van der Waals surface area (Å²) in [6, 6.07) is 0. The van der Waals surface area contributed by atoms with Gasteiger partial charge in [-0.2, -0.15) is 0 Å². The number of esters is 1. The molecule has 62 valence electrons. The predicted molar refractivity (Wildman–Crippen MR) is 37.8 cm³/mol. The Labute approximate surface area is 65.7 Å². The predicted octanol–water partition coefficient (Wildman–Crippen LogP) is 1.22. The molecule has 2 aliphatic rings. The van der Waals surface area contributed by atoms with Crippen LogP contribution in [0.5, 0.6) is 0 Å². The SMILES string of the molecule is C[C@@H]1OC2(CCCC2)OC1=O. The van der Waals surface area contributed by atoms with Crippen molar-refractivity contribution in [3.8, 4) is 0 Å². The summed E-state index contributed by atoms with van der Waals surface area (Å²) in [4.78, 5) is 11.0. The Morgan fingerprint density at radius 3 is 2.55 bits per heavy atom. The van der Waals surface area contributed by atoms with Crippen LogP contribution < -0.4 is 0 Å². The molecule has 0 N–H and O–H groups in total. The molecule has 0 bridgehead atoms. The second-order valence-corrected chi connectivity index (χ2v) is 3.30. The van der Waals surface area contributed by atoms with E-state index in [9.17, 15) is 4.79 Å². The van der Waals surface area contributed by atoms with Gasteiger partial charge in [-0.15, -0.1) is 0 Å². The van der Waals surface area contributed by atoms with E-state index in [4.69, 9.17) is 9.47 Å². The van der Waals surface area contributed by atoms with E-state index in [1.54, 1.807) is 6.92 Å². The molecule has 1 aliphatic carbocycles. The summed E-state index contributed by atoms with van der Waals surface area (Å²) in [5, 5.41) is 0. The van der Waals surface area contributed by atoms with E-state index in [1.807, 2.05) is 0 Å². The summed E-state index contributed by atoms with van der Waals surface area (Å²) in [6.45, 7) is 1.75. The van der Waals surface area contributed by atoms with Crippen LogP contribution >= 0.6 is 0 Å². The topological polar surface area (TPSA) is 35.5 Å². The molecule has 11 heavy (non-hydrogen) atoms. The first kappa shape index (κ1) is 7.10. The zero-order chi connectivity index (χ0) is 7.90. The molecule has 1 atom stereocenters. The number of hydrogen-bond donors (Lipinski definition) is 0. The Bertz CT molecular complexity index is 182. The van der Waals surface area contributed by atoms with E-state index in [0.29, 0.717) is 0 Å². The molecule has 1 heterocycles. The van der Waals surface area contributed by atoms with Crippen molar-refractivity contribution < 1.29 is 14.3 Å². The third-order valence-electron chi connectivity index (χ3n) is 2.38. The van der Waals surface area contributed by atoms with Crippen LogP contribution in [0.3, 0.4) is 0 Å². The molecule has 0 amide bonds. The highest BCUT2D eigenvalue weighted by Crippen LogP contribution is 2.39. The van der Waals surface area contributed by atoms with Gasteiger partial charge in [0.05, 0.1) is 0 Å². The highest BCUT2D eigenvalue weighted by atomic mass is 16.8. The molecule has 1 saturated carbocycles. The first-order chi connectivity index (χ1) is 5.22. The largest absolute Gasteiger partial charge is 0.431 e. The van der Waals surface area contributed by atoms with E-state index in [0.717, 1.165) is 25.7 Å². The van der Waals surface area contributed by atoms with Gasteiger partial charge >= 0.3 is 5.97 Å². The Kier molecular flexibility index (Phi) is 1.42. The van der Waals surface area contributed by atoms with E-state index in [-0.39, 0.29) is 12.1 Å². The van der Waals surface area contributed by atoms with E-state index in [1.165, 1.54) is 0 Å². The van der Waals surface area contributed by atoms with Crippen LogP contribution in [-0.2, 0) is 14.3 Å². The lowest BCUT2D eigenvalue weighted by Crippen LogP contribution is -2.26. The van der Waals surface area contributed by atoms with Crippen LogP contribution in [0.4, 0.5) is 0 Å². The van der Waals surface area contributed by atoms with Crippen molar-refractivity contribution in [2.24, 2.45) is 0 Å². The van der Waals surface area contributed by atoms with Crippen LogP contribution in [0, 0.1) is 0 Å². The second-order valence-electron chi connectivity index (χ2n) is 3.30. The maximum atomic E-state index is 11.0. The van der Waals surface area contributed by atoms with Gasteiger partial charge in [0.1, 0.15) is 0 Å². The molecule has 3 heteroatoms. The minimum absolute atomic E-state index is 0.202. The van der Waals surface area contributed by atoms with Gasteiger partial charge in [-0.1, -0.05) is 0 Å². The van der Waals surface area contributed by atoms with Gasteiger partial charge in [-0.3, -0.25) is 0 Å². The first-order valence-corrected chi connectivity index (χ1v) is 4.13. The van der Waals surface area contributed by atoms with Crippen molar-refractivity contribution in [1.82, 2.24) is 0 Å². The Morgan fingerprint density at radius 1 is 1.45 bits per heavy atom. The van der Waals surface area contributed by atoms with Crippen LogP contribution in [0.25, 0.3) is 0 Å². The summed E-state index contributed by atoms with van der Waals surface area (Å²) < 4.78 is 10.6. The minimum atomic E-state index is -0.517. The van der Waals surface area contributed by atoms with Crippen molar-refractivity contribution in [2.75, 3.05) is 0 Å². The van der Waals surface area contributed by atoms with Crippen molar-refractivity contribution in [3.63, 3.8) is 0 Å². The highest BCUT2D eigenvalue weighted by Gasteiger charge is 2.47. The Morgan fingerprint density at radius 2 is 2.09 bits per heavy atom. The average Bonchev–Trinajstić information content (AvgIpc) is 2.46. The molecule has 0 radical (unpaired) electrons. The van der Waals surface area contributed by atoms with Gasteiger partial charge in [0, 0.05) is 12.8 Å². The van der Waals surface area contributed by atoms with Gasteiger partial charge < -0.3 is 9.47 Å². The molecule has 0 aromatic carbocycles. The fourth-order valence-electron chi connectivity index (χ4n) is 1.79. The van der Waals surface area contributed by atoms with Gasteiger partial charge in [-0.05, 0) is 19.8 Å². The Hall–Kier alpha value is -0.570. The molecule has 2 fully saturated rings. The van der Waals surface area contributed by atoms with Gasteiger partial charge in [0.2, 0.25) is 5.79 Å². The average molecular weight is 156 g/mol. The molecule has 1 spiro atoms. The zero-order valence-corrected chi connectivity index (χ0v) is 6.63. The zero-order valence-electron chi connectivity index (χ0n) is 6.63. The summed E-state index contributed by atoms with van der Waals surface area (Å²) in [7, 11) is 0. The van der Waals surface area contributed by atoms with E-state index < -0.39 is 5.79 Å². The number of carbonyl (C=O) groups excluding carboxylic acids is 1. The quantitative estimate of drug-likeness (QED) is 0.495. The molecular formula is C8H12O3. The molecule has 0 aromatic heterocycles.